The zero-order chi connectivity index (χ0) is 21.4. The highest BCUT2D eigenvalue weighted by atomic mass is 16.2. The summed E-state index contributed by atoms with van der Waals surface area (Å²) in [6, 6.07) is 15.3. The molecule has 2 atom stereocenters. The number of rotatable bonds is 5. The van der Waals surface area contributed by atoms with Crippen molar-refractivity contribution >= 4 is 29.2 Å². The van der Waals surface area contributed by atoms with Gasteiger partial charge in [-0.2, -0.15) is 0 Å². The Balaban J connectivity index is 1.34. The van der Waals surface area contributed by atoms with Crippen molar-refractivity contribution in [2.45, 2.75) is 32.1 Å². The van der Waals surface area contributed by atoms with Crippen LogP contribution in [0.5, 0.6) is 0 Å². The van der Waals surface area contributed by atoms with Crippen LogP contribution in [0.15, 0.2) is 54.7 Å². The number of nitrogens with one attached hydrogen (secondary N) is 1. The number of hydrogen-bond acceptors (Lipinski definition) is 4. The molecule has 31 heavy (non-hydrogen) atoms. The fourth-order valence-electron chi connectivity index (χ4n) is 4.77. The van der Waals surface area contributed by atoms with Crippen LogP contribution in [0, 0.1) is 11.8 Å². The van der Waals surface area contributed by atoms with E-state index in [4.69, 9.17) is 0 Å². The molecule has 1 aliphatic carbocycles. The summed E-state index contributed by atoms with van der Waals surface area (Å²) < 4.78 is 1.83. The molecule has 7 nitrogen and oxygen atoms in total. The number of imidazole rings is 1. The van der Waals surface area contributed by atoms with E-state index in [0.29, 0.717) is 11.5 Å². The lowest BCUT2D eigenvalue weighted by Gasteiger charge is -2.19. The summed E-state index contributed by atoms with van der Waals surface area (Å²) in [7, 11) is 0. The number of fused-ring (bicyclic) bond motifs is 2. The number of nitrogens with zero attached hydrogens (tertiary/aromatic N) is 3. The first-order chi connectivity index (χ1) is 15.1. The molecule has 1 aliphatic heterocycles. The quantitative estimate of drug-likeness (QED) is 0.645. The molecule has 2 fully saturated rings. The predicted octanol–water partition coefficient (Wildman–Crippen LogP) is 3.51. The highest BCUT2D eigenvalue weighted by Gasteiger charge is 2.47. The molecule has 5 rings (SSSR count). The van der Waals surface area contributed by atoms with Crippen molar-refractivity contribution in [1.82, 2.24) is 14.3 Å². The van der Waals surface area contributed by atoms with Crippen molar-refractivity contribution in [3.05, 3.63) is 54.7 Å². The molecule has 0 bridgehead atoms. The second-order valence-electron chi connectivity index (χ2n) is 8.23. The van der Waals surface area contributed by atoms with Crippen molar-refractivity contribution in [3.8, 4) is 11.3 Å². The minimum atomic E-state index is -0.252. The molecule has 0 spiro atoms. The molecule has 1 saturated heterocycles. The van der Waals surface area contributed by atoms with Gasteiger partial charge in [-0.05, 0) is 25.0 Å². The Hall–Kier alpha value is -3.48. The SMILES string of the molecule is O=C(CCN1C(=O)C2CCCCC2C1=O)Nc1c(-c2ccccc2)nc2ccccn12. The van der Waals surface area contributed by atoms with Gasteiger partial charge in [-0.3, -0.25) is 23.7 Å². The van der Waals surface area contributed by atoms with Crippen molar-refractivity contribution in [3.63, 3.8) is 0 Å². The summed E-state index contributed by atoms with van der Waals surface area (Å²) in [4.78, 5) is 44.1. The molecule has 7 heteroatoms. The van der Waals surface area contributed by atoms with Crippen molar-refractivity contribution in [1.29, 1.82) is 0 Å². The van der Waals surface area contributed by atoms with Gasteiger partial charge in [-0.15, -0.1) is 0 Å². The zero-order valence-corrected chi connectivity index (χ0v) is 17.2. The number of hydrogen-bond donors (Lipinski definition) is 1. The number of benzene rings is 1. The molecule has 2 unspecified atom stereocenters. The van der Waals surface area contributed by atoms with Gasteiger partial charge in [0.05, 0.1) is 11.8 Å². The minimum absolute atomic E-state index is 0.0607. The van der Waals surface area contributed by atoms with Gasteiger partial charge in [0, 0.05) is 24.7 Å². The van der Waals surface area contributed by atoms with Crippen LogP contribution in [-0.2, 0) is 14.4 Å². The fourth-order valence-corrected chi connectivity index (χ4v) is 4.77. The summed E-state index contributed by atoms with van der Waals surface area (Å²) >= 11 is 0. The van der Waals surface area contributed by atoms with E-state index in [0.717, 1.165) is 36.9 Å². The number of pyridine rings is 1. The summed E-state index contributed by atoms with van der Waals surface area (Å²) in [5.41, 5.74) is 2.31. The molecule has 2 aromatic heterocycles. The third-order valence-electron chi connectivity index (χ3n) is 6.33. The Morgan fingerprint density at radius 3 is 2.35 bits per heavy atom. The third kappa shape index (κ3) is 3.50. The molecule has 158 valence electrons. The van der Waals surface area contributed by atoms with Crippen LogP contribution in [0.25, 0.3) is 16.9 Å². The maximum absolute atomic E-state index is 12.8. The predicted molar refractivity (Wildman–Crippen MR) is 116 cm³/mol. The lowest BCUT2D eigenvalue weighted by molar-refractivity contribution is -0.140. The first-order valence-corrected chi connectivity index (χ1v) is 10.8. The van der Waals surface area contributed by atoms with Gasteiger partial charge in [-0.1, -0.05) is 49.2 Å². The molecule has 3 aromatic rings. The van der Waals surface area contributed by atoms with Crippen LogP contribution in [0.1, 0.15) is 32.1 Å². The second-order valence-corrected chi connectivity index (χ2v) is 8.23. The van der Waals surface area contributed by atoms with E-state index >= 15 is 0 Å². The van der Waals surface area contributed by atoms with Gasteiger partial charge in [0.1, 0.15) is 17.2 Å². The molecule has 2 aliphatic rings. The number of likely N-dealkylation sites (tertiary alicyclic amines) is 1. The van der Waals surface area contributed by atoms with Gasteiger partial charge in [0.2, 0.25) is 17.7 Å². The number of imide groups is 1. The van der Waals surface area contributed by atoms with Crippen molar-refractivity contribution in [2.24, 2.45) is 11.8 Å². The van der Waals surface area contributed by atoms with Crippen LogP contribution in [0.3, 0.4) is 0 Å². The summed E-state index contributed by atoms with van der Waals surface area (Å²) in [5.74, 6) is -0.261. The molecule has 1 N–H and O–H groups in total. The molecular formula is C24H24N4O3. The van der Waals surface area contributed by atoms with Gasteiger partial charge < -0.3 is 5.32 Å². The maximum Gasteiger partial charge on any atom is 0.233 e. The first kappa shape index (κ1) is 19.5. The molecular weight excluding hydrogens is 392 g/mol. The van der Waals surface area contributed by atoms with Crippen LogP contribution < -0.4 is 5.32 Å². The zero-order valence-electron chi connectivity index (χ0n) is 17.2. The summed E-state index contributed by atoms with van der Waals surface area (Å²) in [5, 5.41) is 2.96. The average molecular weight is 416 g/mol. The number of anilines is 1. The lowest BCUT2D eigenvalue weighted by Crippen LogP contribution is -2.34. The van der Waals surface area contributed by atoms with Gasteiger partial charge in [-0.25, -0.2) is 4.98 Å². The maximum atomic E-state index is 12.8. The van der Waals surface area contributed by atoms with Crippen molar-refractivity contribution < 1.29 is 14.4 Å². The van der Waals surface area contributed by atoms with Crippen LogP contribution in [0.4, 0.5) is 5.82 Å². The van der Waals surface area contributed by atoms with E-state index in [1.54, 1.807) is 0 Å². The van der Waals surface area contributed by atoms with Crippen LogP contribution in [0.2, 0.25) is 0 Å². The summed E-state index contributed by atoms with van der Waals surface area (Å²) in [6.07, 6.45) is 5.45. The number of amides is 3. The Kier molecular flexibility index (Phi) is 5.02. The highest BCUT2D eigenvalue weighted by Crippen LogP contribution is 2.38. The Bertz CT molecular complexity index is 1130. The monoisotopic (exact) mass is 416 g/mol. The molecule has 3 amide bonds. The van der Waals surface area contributed by atoms with E-state index in [1.165, 1.54) is 4.90 Å². The fraction of sp³-hybridized carbons (Fsp3) is 0.333. The standard InChI is InChI=1S/C24H24N4O3/c29-20(13-15-28-23(30)17-10-4-5-11-18(17)24(28)31)26-22-21(16-8-2-1-3-9-16)25-19-12-6-7-14-27(19)22/h1-3,6-9,12,14,17-18H,4-5,10-11,13,15H2,(H,26,29). The normalized spacial score (nSPS) is 20.8. The molecule has 1 aromatic carbocycles. The lowest BCUT2D eigenvalue weighted by atomic mass is 9.81. The van der Waals surface area contributed by atoms with Gasteiger partial charge in [0.25, 0.3) is 0 Å². The minimum Gasteiger partial charge on any atom is -0.310 e. The molecule has 1 saturated carbocycles. The Morgan fingerprint density at radius 1 is 0.968 bits per heavy atom. The first-order valence-electron chi connectivity index (χ1n) is 10.8. The number of aromatic nitrogens is 2. The van der Waals surface area contributed by atoms with E-state index < -0.39 is 0 Å². The van der Waals surface area contributed by atoms with Gasteiger partial charge in [0.15, 0.2) is 0 Å². The Morgan fingerprint density at radius 2 is 1.65 bits per heavy atom. The summed E-state index contributed by atoms with van der Waals surface area (Å²) in [6.45, 7) is 0.119. The van der Waals surface area contributed by atoms with Crippen LogP contribution >= 0.6 is 0 Å². The molecule has 3 heterocycles. The highest BCUT2D eigenvalue weighted by molar-refractivity contribution is 6.05. The smallest absolute Gasteiger partial charge is 0.233 e. The Labute approximate surface area is 180 Å². The van der Waals surface area contributed by atoms with E-state index in [-0.39, 0.29) is 42.5 Å². The topological polar surface area (TPSA) is 83.8 Å². The average Bonchev–Trinajstić information content (AvgIpc) is 3.29. The second kappa shape index (κ2) is 7.98. The van der Waals surface area contributed by atoms with Crippen LogP contribution in [-0.4, -0.2) is 38.6 Å². The number of carbonyl (C=O) groups excluding carboxylic acids is 3. The number of carbonyl (C=O) groups is 3. The van der Waals surface area contributed by atoms with E-state index in [2.05, 4.69) is 10.3 Å². The van der Waals surface area contributed by atoms with Gasteiger partial charge >= 0.3 is 0 Å². The largest absolute Gasteiger partial charge is 0.310 e. The van der Waals surface area contributed by atoms with Crippen molar-refractivity contribution in [2.75, 3.05) is 11.9 Å². The third-order valence-corrected chi connectivity index (χ3v) is 6.33. The van der Waals surface area contributed by atoms with E-state index in [9.17, 15) is 14.4 Å². The van der Waals surface area contributed by atoms with E-state index in [1.807, 2.05) is 59.1 Å². The molecule has 0 radical (unpaired) electrons.